The highest BCUT2D eigenvalue weighted by Gasteiger charge is 2.77. The van der Waals surface area contributed by atoms with Crippen LogP contribution >= 0.6 is 0 Å². The number of likely N-dealkylation sites (tertiary alicyclic amines) is 1. The zero-order chi connectivity index (χ0) is 17.0. The van der Waals surface area contributed by atoms with Crippen molar-refractivity contribution < 1.29 is 19.7 Å². The van der Waals surface area contributed by atoms with Crippen molar-refractivity contribution in [1.29, 1.82) is 0 Å². The predicted molar refractivity (Wildman–Crippen MR) is 89.8 cm³/mol. The van der Waals surface area contributed by atoms with Crippen molar-refractivity contribution in [2.24, 2.45) is 23.2 Å². The number of ketones is 1. The number of hydrogen-bond acceptors (Lipinski definition) is 5. The van der Waals surface area contributed by atoms with Crippen LogP contribution in [0, 0.1) is 23.2 Å². The number of ether oxygens (including phenoxy) is 1. The molecule has 0 aromatic carbocycles. The molecule has 8 atom stereocenters. The van der Waals surface area contributed by atoms with E-state index in [1.165, 1.54) is 12.8 Å². The predicted octanol–water partition coefficient (Wildman–Crippen LogP) is 1.11. The summed E-state index contributed by atoms with van der Waals surface area (Å²) in [5.74, 6) is 1.63. The Kier molecular flexibility index (Phi) is 3.02. The normalized spacial score (nSPS) is 57.4. The Balaban J connectivity index is 1.47. The average molecular weight is 347 g/mol. The molecule has 5 nitrogen and oxygen atoms in total. The van der Waals surface area contributed by atoms with Gasteiger partial charge in [0.05, 0.1) is 17.8 Å². The fourth-order valence-electron chi connectivity index (χ4n) is 7.66. The van der Waals surface area contributed by atoms with Gasteiger partial charge in [-0.1, -0.05) is 0 Å². The van der Waals surface area contributed by atoms with Gasteiger partial charge >= 0.3 is 0 Å². The molecule has 5 heteroatoms. The SMILES string of the molecule is O=C1CC[C@@]2(O)[C@H]3CC4CCC(O)C5O[C@@H]1[C@]2(CCN3CC1CC1)C45. The summed E-state index contributed by atoms with van der Waals surface area (Å²) in [6, 6.07) is 0.177. The van der Waals surface area contributed by atoms with Crippen LogP contribution in [0.25, 0.3) is 0 Å². The maximum absolute atomic E-state index is 12.8. The molecule has 2 heterocycles. The molecular formula is C20H29NO4. The van der Waals surface area contributed by atoms with Crippen molar-refractivity contribution >= 4 is 5.78 Å². The monoisotopic (exact) mass is 347 g/mol. The number of hydrogen-bond donors (Lipinski definition) is 2. The van der Waals surface area contributed by atoms with Crippen molar-refractivity contribution in [3.8, 4) is 0 Å². The van der Waals surface area contributed by atoms with E-state index < -0.39 is 23.2 Å². The van der Waals surface area contributed by atoms with Gasteiger partial charge in [0.15, 0.2) is 5.78 Å². The molecule has 4 unspecified atom stereocenters. The van der Waals surface area contributed by atoms with Gasteiger partial charge in [0.25, 0.3) is 0 Å². The molecule has 0 aromatic heterocycles. The van der Waals surface area contributed by atoms with Crippen LogP contribution in [0.1, 0.15) is 51.4 Å². The highest BCUT2D eigenvalue weighted by Crippen LogP contribution is 2.69. The average Bonchev–Trinajstić information content (AvgIpc) is 3.32. The molecule has 6 rings (SSSR count). The van der Waals surface area contributed by atoms with E-state index in [0.717, 1.165) is 44.7 Å². The second-order valence-electron chi connectivity index (χ2n) is 9.78. The number of Topliss-reactive ketones (excluding diaryl/α,β-unsaturated/α-hetero) is 1. The summed E-state index contributed by atoms with van der Waals surface area (Å²) in [5.41, 5.74) is -1.26. The Bertz CT molecular complexity index is 621. The summed E-state index contributed by atoms with van der Waals surface area (Å²) in [5, 5.41) is 22.6. The Morgan fingerprint density at radius 2 is 2.04 bits per heavy atom. The van der Waals surface area contributed by atoms with Crippen molar-refractivity contribution in [2.75, 3.05) is 13.1 Å². The molecule has 2 bridgehead atoms. The van der Waals surface area contributed by atoms with Gasteiger partial charge in [-0.2, -0.15) is 0 Å². The van der Waals surface area contributed by atoms with Gasteiger partial charge in [-0.05, 0) is 63.3 Å². The molecule has 2 N–H and O–H groups in total. The third kappa shape index (κ3) is 1.76. The van der Waals surface area contributed by atoms with Crippen LogP contribution in [-0.4, -0.2) is 63.9 Å². The number of rotatable bonds is 2. The van der Waals surface area contributed by atoms with Crippen LogP contribution in [0.3, 0.4) is 0 Å². The second-order valence-corrected chi connectivity index (χ2v) is 9.78. The zero-order valence-corrected chi connectivity index (χ0v) is 14.8. The van der Waals surface area contributed by atoms with Crippen molar-refractivity contribution in [2.45, 2.75) is 81.3 Å². The third-order valence-electron chi connectivity index (χ3n) is 8.80. The van der Waals surface area contributed by atoms with E-state index in [0.29, 0.717) is 18.8 Å². The summed E-state index contributed by atoms with van der Waals surface area (Å²) in [6.07, 6.45) is 6.13. The zero-order valence-electron chi connectivity index (χ0n) is 14.8. The standard InChI is InChI=1S/C20H29NO4/c22-13-4-3-12-9-15-20(24)6-5-14(23)18-19(20,16(12)17(13)25-18)7-8-21(15)10-11-1-2-11/h11-13,15-18,22,24H,1-10H2/t12?,13?,15-,16?,17?,18+,19+,20-/m1/s1. The van der Waals surface area contributed by atoms with E-state index in [1.807, 2.05) is 0 Å². The summed E-state index contributed by atoms with van der Waals surface area (Å²) < 4.78 is 6.27. The first-order chi connectivity index (χ1) is 12.0. The molecule has 4 saturated carbocycles. The lowest BCUT2D eigenvalue weighted by atomic mass is 9.43. The van der Waals surface area contributed by atoms with Gasteiger partial charge < -0.3 is 14.9 Å². The minimum Gasteiger partial charge on any atom is -0.390 e. The fraction of sp³-hybridized carbons (Fsp3) is 0.950. The smallest absolute Gasteiger partial charge is 0.162 e. The number of piperidine rings is 1. The van der Waals surface area contributed by atoms with Crippen molar-refractivity contribution in [3.63, 3.8) is 0 Å². The number of aliphatic hydroxyl groups excluding tert-OH is 1. The molecule has 1 spiro atoms. The lowest BCUT2D eigenvalue weighted by Gasteiger charge is -2.67. The van der Waals surface area contributed by atoms with Gasteiger partial charge in [-0.3, -0.25) is 9.69 Å². The lowest BCUT2D eigenvalue weighted by molar-refractivity contribution is -0.251. The summed E-state index contributed by atoms with van der Waals surface area (Å²) >= 11 is 0. The molecule has 0 amide bonds. The van der Waals surface area contributed by atoms with Crippen LogP contribution in [0.2, 0.25) is 0 Å². The van der Waals surface area contributed by atoms with E-state index in [1.54, 1.807) is 0 Å². The van der Waals surface area contributed by atoms with Crippen molar-refractivity contribution in [1.82, 2.24) is 4.90 Å². The number of nitrogens with zero attached hydrogens (tertiary/aromatic N) is 1. The van der Waals surface area contributed by atoms with Crippen molar-refractivity contribution in [3.05, 3.63) is 0 Å². The summed E-state index contributed by atoms with van der Waals surface area (Å²) in [7, 11) is 0. The Morgan fingerprint density at radius 1 is 1.20 bits per heavy atom. The highest BCUT2D eigenvalue weighted by molar-refractivity contribution is 5.86. The molecule has 2 saturated heterocycles. The van der Waals surface area contributed by atoms with Gasteiger partial charge in [0.1, 0.15) is 6.10 Å². The third-order valence-corrected chi connectivity index (χ3v) is 8.80. The fourth-order valence-corrected chi connectivity index (χ4v) is 7.66. The van der Waals surface area contributed by atoms with E-state index in [9.17, 15) is 15.0 Å². The molecule has 0 aromatic rings. The van der Waals surface area contributed by atoms with Gasteiger partial charge in [-0.25, -0.2) is 0 Å². The van der Waals surface area contributed by atoms with Crippen LogP contribution in [-0.2, 0) is 9.53 Å². The topological polar surface area (TPSA) is 70.0 Å². The van der Waals surface area contributed by atoms with Crippen LogP contribution in [0.4, 0.5) is 0 Å². The molecule has 6 aliphatic rings. The number of carbonyl (C=O) groups is 1. The quantitative estimate of drug-likeness (QED) is 0.783. The largest absolute Gasteiger partial charge is 0.390 e. The minimum atomic E-state index is -0.814. The van der Waals surface area contributed by atoms with E-state index in [4.69, 9.17) is 4.74 Å². The molecule has 25 heavy (non-hydrogen) atoms. The molecule has 138 valence electrons. The first kappa shape index (κ1) is 15.6. The summed E-state index contributed by atoms with van der Waals surface area (Å²) in [4.78, 5) is 15.3. The maximum Gasteiger partial charge on any atom is 0.162 e. The lowest BCUT2D eigenvalue weighted by Crippen LogP contribution is -2.77. The highest BCUT2D eigenvalue weighted by atomic mass is 16.5. The van der Waals surface area contributed by atoms with E-state index >= 15 is 0 Å². The van der Waals surface area contributed by atoms with Crippen LogP contribution in [0.5, 0.6) is 0 Å². The Hall–Kier alpha value is -0.490. The van der Waals surface area contributed by atoms with Gasteiger partial charge in [0.2, 0.25) is 0 Å². The molecule has 4 aliphatic carbocycles. The Labute approximate surface area is 148 Å². The van der Waals surface area contributed by atoms with E-state index in [2.05, 4.69) is 4.90 Å². The van der Waals surface area contributed by atoms with Gasteiger partial charge in [-0.15, -0.1) is 0 Å². The Morgan fingerprint density at radius 3 is 2.84 bits per heavy atom. The van der Waals surface area contributed by atoms with E-state index in [-0.39, 0.29) is 23.8 Å². The maximum atomic E-state index is 12.8. The molecule has 6 fully saturated rings. The molecule has 2 aliphatic heterocycles. The van der Waals surface area contributed by atoms with Crippen LogP contribution < -0.4 is 0 Å². The number of aliphatic hydroxyl groups is 2. The molecular weight excluding hydrogens is 318 g/mol. The van der Waals surface area contributed by atoms with Crippen LogP contribution in [0.15, 0.2) is 0 Å². The second kappa shape index (κ2) is 4.86. The molecule has 0 radical (unpaired) electrons. The first-order valence-corrected chi connectivity index (χ1v) is 10.4. The minimum absolute atomic E-state index is 0.162. The summed E-state index contributed by atoms with van der Waals surface area (Å²) in [6.45, 7) is 2.09. The number of carbonyl (C=O) groups excluding carboxylic acids is 1. The first-order valence-electron chi connectivity index (χ1n) is 10.4. The van der Waals surface area contributed by atoms with Gasteiger partial charge in [0, 0.05) is 30.3 Å².